The molecular formula is C15H22BrNO2. The predicted molar refractivity (Wildman–Crippen MR) is 80.5 cm³/mol. The Morgan fingerprint density at radius 1 is 1.53 bits per heavy atom. The summed E-state index contributed by atoms with van der Waals surface area (Å²) in [5.74, 6) is 0.973. The van der Waals surface area contributed by atoms with Crippen molar-refractivity contribution in [2.75, 3.05) is 13.2 Å². The molecule has 1 heterocycles. The first-order chi connectivity index (χ1) is 9.20. The molecule has 2 unspecified atom stereocenters. The lowest BCUT2D eigenvalue weighted by atomic mass is 10.0. The minimum absolute atomic E-state index is 0.195. The van der Waals surface area contributed by atoms with E-state index in [0.29, 0.717) is 6.04 Å². The summed E-state index contributed by atoms with van der Waals surface area (Å²) in [5, 5.41) is 13.2. The number of fused-ring (bicyclic) bond motifs is 1. The second-order valence-corrected chi connectivity index (χ2v) is 5.95. The zero-order valence-corrected chi connectivity index (χ0v) is 12.9. The van der Waals surface area contributed by atoms with Crippen LogP contribution in [0.3, 0.4) is 0 Å². The first-order valence-corrected chi connectivity index (χ1v) is 7.83. The lowest BCUT2D eigenvalue weighted by molar-refractivity contribution is 0.158. The second kappa shape index (κ2) is 7.27. The van der Waals surface area contributed by atoms with Crippen LogP contribution in [0, 0.1) is 0 Å². The van der Waals surface area contributed by atoms with Gasteiger partial charge in [-0.2, -0.15) is 0 Å². The minimum Gasteiger partial charge on any atom is -0.493 e. The highest BCUT2D eigenvalue weighted by Crippen LogP contribution is 2.33. The van der Waals surface area contributed by atoms with Crippen molar-refractivity contribution in [2.24, 2.45) is 0 Å². The van der Waals surface area contributed by atoms with Gasteiger partial charge in [-0.1, -0.05) is 28.9 Å². The smallest absolute Gasteiger partial charge is 0.125 e. The molecule has 0 amide bonds. The van der Waals surface area contributed by atoms with Gasteiger partial charge in [-0.05, 0) is 44.4 Å². The van der Waals surface area contributed by atoms with Crippen molar-refractivity contribution in [2.45, 2.75) is 44.8 Å². The fourth-order valence-corrected chi connectivity index (χ4v) is 2.73. The van der Waals surface area contributed by atoms with Gasteiger partial charge >= 0.3 is 0 Å². The first kappa shape index (κ1) is 14.8. The van der Waals surface area contributed by atoms with Gasteiger partial charge in [0.05, 0.1) is 12.7 Å². The van der Waals surface area contributed by atoms with Crippen molar-refractivity contribution in [1.82, 2.24) is 5.32 Å². The Hall–Kier alpha value is -0.580. The zero-order valence-electron chi connectivity index (χ0n) is 11.4. The van der Waals surface area contributed by atoms with Gasteiger partial charge in [-0.15, -0.1) is 0 Å². The summed E-state index contributed by atoms with van der Waals surface area (Å²) >= 11 is 3.48. The average molecular weight is 328 g/mol. The first-order valence-electron chi connectivity index (χ1n) is 7.04. The molecule has 2 N–H and O–H groups in total. The Bertz CT molecular complexity index is 411. The Kier molecular flexibility index (Phi) is 5.67. The van der Waals surface area contributed by atoms with Crippen LogP contribution in [0.4, 0.5) is 0 Å². The third-order valence-electron chi connectivity index (χ3n) is 3.59. The summed E-state index contributed by atoms with van der Waals surface area (Å²) in [6, 6.07) is 6.55. The number of aliphatic hydroxyl groups is 1. The van der Waals surface area contributed by atoms with Gasteiger partial charge in [-0.25, -0.2) is 0 Å². The largest absolute Gasteiger partial charge is 0.493 e. The molecule has 106 valence electrons. The molecule has 1 aliphatic rings. The summed E-state index contributed by atoms with van der Waals surface area (Å²) in [5.41, 5.74) is 1.23. The van der Waals surface area contributed by atoms with Crippen LogP contribution in [-0.2, 0) is 0 Å². The van der Waals surface area contributed by atoms with Crippen LogP contribution in [0.2, 0.25) is 0 Å². The van der Waals surface area contributed by atoms with Gasteiger partial charge in [0.15, 0.2) is 0 Å². The highest BCUT2D eigenvalue weighted by Gasteiger charge is 2.19. The molecule has 1 aliphatic heterocycles. The molecule has 19 heavy (non-hydrogen) atoms. The van der Waals surface area contributed by atoms with E-state index in [2.05, 4.69) is 33.4 Å². The van der Waals surface area contributed by atoms with Crippen molar-refractivity contribution >= 4 is 15.9 Å². The molecule has 0 aromatic heterocycles. The van der Waals surface area contributed by atoms with E-state index in [0.717, 1.165) is 49.1 Å². The highest BCUT2D eigenvalue weighted by atomic mass is 79.9. The molecule has 0 bridgehead atoms. The van der Waals surface area contributed by atoms with Gasteiger partial charge < -0.3 is 15.2 Å². The molecule has 0 saturated heterocycles. The number of halogens is 1. The maximum Gasteiger partial charge on any atom is 0.125 e. The number of benzene rings is 1. The second-order valence-electron chi connectivity index (χ2n) is 5.03. The van der Waals surface area contributed by atoms with Crippen molar-refractivity contribution in [1.29, 1.82) is 0 Å². The summed E-state index contributed by atoms with van der Waals surface area (Å²) in [7, 11) is 0. The average Bonchev–Trinajstić information content (AvgIpc) is 2.60. The molecule has 0 saturated carbocycles. The molecule has 0 radical (unpaired) electrons. The number of hydrogen-bond acceptors (Lipinski definition) is 3. The topological polar surface area (TPSA) is 41.5 Å². The Labute approximate surface area is 123 Å². The molecule has 4 heteroatoms. The molecule has 0 fully saturated rings. The molecular weight excluding hydrogens is 306 g/mol. The van der Waals surface area contributed by atoms with E-state index in [1.165, 1.54) is 5.56 Å². The monoisotopic (exact) mass is 327 g/mol. The van der Waals surface area contributed by atoms with Gasteiger partial charge in [0.2, 0.25) is 0 Å². The number of ether oxygens (including phenoxy) is 1. The minimum atomic E-state index is -0.195. The fraction of sp³-hybridized carbons (Fsp3) is 0.600. The Morgan fingerprint density at radius 2 is 2.37 bits per heavy atom. The Balaban J connectivity index is 2.01. The molecule has 1 aromatic rings. The third kappa shape index (κ3) is 4.20. The molecule has 2 rings (SSSR count). The quantitative estimate of drug-likeness (QED) is 0.870. The molecule has 0 spiro atoms. The van der Waals surface area contributed by atoms with E-state index in [1.807, 2.05) is 13.0 Å². The van der Waals surface area contributed by atoms with E-state index in [4.69, 9.17) is 4.74 Å². The van der Waals surface area contributed by atoms with Crippen LogP contribution in [0.1, 0.15) is 44.2 Å². The van der Waals surface area contributed by atoms with Crippen LogP contribution in [0.25, 0.3) is 0 Å². The standard InChI is InChI=1S/C15H22BrNO2/c1-2-12(18)7-8-17-14-4-3-9-19-15-10-11(16)5-6-13(14)15/h5-6,10,12,14,17-18H,2-4,7-9H2,1H3. The lowest BCUT2D eigenvalue weighted by Gasteiger charge is -2.19. The number of aliphatic hydroxyl groups excluding tert-OH is 1. The van der Waals surface area contributed by atoms with Crippen LogP contribution in [-0.4, -0.2) is 24.4 Å². The van der Waals surface area contributed by atoms with Gasteiger partial charge in [0.25, 0.3) is 0 Å². The van der Waals surface area contributed by atoms with Gasteiger partial charge in [0.1, 0.15) is 5.75 Å². The van der Waals surface area contributed by atoms with Crippen LogP contribution >= 0.6 is 15.9 Å². The third-order valence-corrected chi connectivity index (χ3v) is 4.08. The molecule has 0 aliphatic carbocycles. The summed E-state index contributed by atoms with van der Waals surface area (Å²) in [6.07, 6.45) is 3.56. The van der Waals surface area contributed by atoms with E-state index in [1.54, 1.807) is 0 Å². The SMILES string of the molecule is CCC(O)CCNC1CCCOc2cc(Br)ccc21. The number of hydrogen-bond donors (Lipinski definition) is 2. The highest BCUT2D eigenvalue weighted by molar-refractivity contribution is 9.10. The number of rotatable bonds is 5. The van der Waals surface area contributed by atoms with E-state index >= 15 is 0 Å². The summed E-state index contributed by atoms with van der Waals surface area (Å²) < 4.78 is 6.84. The van der Waals surface area contributed by atoms with Gasteiger partial charge in [-0.3, -0.25) is 0 Å². The lowest BCUT2D eigenvalue weighted by Crippen LogP contribution is -2.25. The predicted octanol–water partition coefficient (Wildman–Crippen LogP) is 3.41. The molecule has 2 atom stereocenters. The summed E-state index contributed by atoms with van der Waals surface area (Å²) in [6.45, 7) is 3.63. The fourth-order valence-electron chi connectivity index (χ4n) is 2.39. The van der Waals surface area contributed by atoms with E-state index in [9.17, 15) is 5.11 Å². The van der Waals surface area contributed by atoms with E-state index < -0.39 is 0 Å². The van der Waals surface area contributed by atoms with Crippen LogP contribution in [0.15, 0.2) is 22.7 Å². The maximum atomic E-state index is 9.60. The van der Waals surface area contributed by atoms with Crippen LogP contribution in [0.5, 0.6) is 5.75 Å². The van der Waals surface area contributed by atoms with Crippen molar-refractivity contribution in [3.05, 3.63) is 28.2 Å². The van der Waals surface area contributed by atoms with E-state index in [-0.39, 0.29) is 6.10 Å². The number of nitrogens with one attached hydrogen (secondary N) is 1. The maximum absolute atomic E-state index is 9.60. The normalized spacial score (nSPS) is 20.3. The van der Waals surface area contributed by atoms with Gasteiger partial charge in [0, 0.05) is 16.1 Å². The van der Waals surface area contributed by atoms with Crippen molar-refractivity contribution in [3.8, 4) is 5.75 Å². The van der Waals surface area contributed by atoms with Crippen molar-refractivity contribution < 1.29 is 9.84 Å². The van der Waals surface area contributed by atoms with Crippen molar-refractivity contribution in [3.63, 3.8) is 0 Å². The molecule has 1 aromatic carbocycles. The summed E-state index contributed by atoms with van der Waals surface area (Å²) in [4.78, 5) is 0. The zero-order chi connectivity index (χ0) is 13.7. The molecule has 3 nitrogen and oxygen atoms in total. The Morgan fingerprint density at radius 3 is 3.16 bits per heavy atom. The van der Waals surface area contributed by atoms with Crippen LogP contribution < -0.4 is 10.1 Å².